The second-order valence-electron chi connectivity index (χ2n) is 16.1. The van der Waals surface area contributed by atoms with Gasteiger partial charge in [-0.2, -0.15) is 0 Å². The predicted octanol–water partition coefficient (Wildman–Crippen LogP) is 16.8. The molecule has 1 unspecified atom stereocenters. The van der Waals surface area contributed by atoms with E-state index in [0.29, 0.717) is 0 Å². The molecule has 0 spiro atoms. The van der Waals surface area contributed by atoms with Gasteiger partial charge in [0.2, 0.25) is 0 Å². The molecule has 0 bridgehead atoms. The highest BCUT2D eigenvalue weighted by atomic mass is 16.3. The van der Waals surface area contributed by atoms with Gasteiger partial charge in [-0.15, -0.1) is 0 Å². The van der Waals surface area contributed by atoms with Gasteiger partial charge in [-0.1, -0.05) is 224 Å². The Labute approximate surface area is 362 Å². The van der Waals surface area contributed by atoms with E-state index in [4.69, 9.17) is 4.42 Å². The third-order valence-electron chi connectivity index (χ3n) is 12.3. The van der Waals surface area contributed by atoms with Crippen molar-refractivity contribution >= 4 is 21.9 Å². The summed E-state index contributed by atoms with van der Waals surface area (Å²) in [5.74, 6) is 0.0544. The molecule has 11 rings (SSSR count). The van der Waals surface area contributed by atoms with Crippen LogP contribution in [0.2, 0.25) is 0 Å². The van der Waals surface area contributed by atoms with E-state index >= 15 is 0 Å². The normalized spacial score (nSPS) is 11.8. The molecule has 1 nitrogen and oxygen atoms in total. The lowest BCUT2D eigenvalue weighted by molar-refractivity contribution is 0.669. The van der Waals surface area contributed by atoms with E-state index in [-0.39, 0.29) is 5.92 Å². The summed E-state index contributed by atoms with van der Waals surface area (Å²) in [5.41, 5.74) is 20.0. The molecule has 0 fully saturated rings. The Morgan fingerprint density at radius 1 is 0.210 bits per heavy atom. The largest absolute Gasteiger partial charge is 0.456 e. The smallest absolute Gasteiger partial charge is 0.136 e. The lowest BCUT2D eigenvalue weighted by Crippen LogP contribution is -2.03. The topological polar surface area (TPSA) is 13.1 Å². The molecule has 1 heterocycles. The van der Waals surface area contributed by atoms with Gasteiger partial charge >= 0.3 is 0 Å². The van der Waals surface area contributed by atoms with Crippen LogP contribution in [-0.4, -0.2) is 0 Å². The number of rotatable bonds is 9. The summed E-state index contributed by atoms with van der Waals surface area (Å²) in [7, 11) is 0. The molecule has 0 aliphatic carbocycles. The third kappa shape index (κ3) is 7.31. The number of furan rings is 1. The summed E-state index contributed by atoms with van der Waals surface area (Å²) in [6.45, 7) is 0. The van der Waals surface area contributed by atoms with E-state index in [1.165, 1.54) is 77.9 Å². The van der Waals surface area contributed by atoms with Crippen LogP contribution in [0, 0.1) is 0 Å². The van der Waals surface area contributed by atoms with Gasteiger partial charge in [0.15, 0.2) is 0 Å². The fourth-order valence-corrected chi connectivity index (χ4v) is 8.94. The van der Waals surface area contributed by atoms with Gasteiger partial charge in [0.1, 0.15) is 11.2 Å². The average molecular weight is 791 g/mol. The Hall–Kier alpha value is -8.00. The fraction of sp³-hybridized carbons (Fsp3) is 0.0164. The van der Waals surface area contributed by atoms with Crippen molar-refractivity contribution in [3.05, 3.63) is 265 Å². The number of fused-ring (bicyclic) bond motifs is 3. The van der Waals surface area contributed by atoms with Crippen molar-refractivity contribution in [3.63, 3.8) is 0 Å². The lowest BCUT2D eigenvalue weighted by atomic mass is 9.83. The minimum absolute atomic E-state index is 0.0544. The number of hydrogen-bond acceptors (Lipinski definition) is 1. The molecule has 1 heteroatoms. The molecular formula is C61H42O. The van der Waals surface area contributed by atoms with Gasteiger partial charge in [0.05, 0.1) is 0 Å². The van der Waals surface area contributed by atoms with Crippen LogP contribution in [0.5, 0.6) is 0 Å². The minimum Gasteiger partial charge on any atom is -0.456 e. The van der Waals surface area contributed by atoms with Crippen molar-refractivity contribution in [2.75, 3.05) is 0 Å². The van der Waals surface area contributed by atoms with Gasteiger partial charge in [0.25, 0.3) is 0 Å². The molecule has 0 aliphatic heterocycles. The first-order valence-corrected chi connectivity index (χ1v) is 21.3. The van der Waals surface area contributed by atoms with Gasteiger partial charge in [-0.05, 0) is 108 Å². The number of hydrogen-bond donors (Lipinski definition) is 0. The molecule has 0 radical (unpaired) electrons. The molecule has 1 atom stereocenters. The molecule has 0 N–H and O–H groups in total. The van der Waals surface area contributed by atoms with Crippen molar-refractivity contribution < 1.29 is 4.42 Å². The van der Waals surface area contributed by atoms with Crippen LogP contribution in [0.15, 0.2) is 253 Å². The maximum atomic E-state index is 6.19. The Kier molecular flexibility index (Phi) is 9.69. The quantitative estimate of drug-likeness (QED) is 0.133. The Balaban J connectivity index is 0.894. The van der Waals surface area contributed by atoms with Gasteiger partial charge in [0, 0.05) is 16.7 Å². The molecule has 62 heavy (non-hydrogen) atoms. The minimum atomic E-state index is 0.0544. The average Bonchev–Trinajstić information content (AvgIpc) is 3.74. The zero-order valence-electron chi connectivity index (χ0n) is 34.2. The number of para-hydroxylation sites is 1. The van der Waals surface area contributed by atoms with Crippen LogP contribution >= 0.6 is 0 Å². The van der Waals surface area contributed by atoms with Crippen LogP contribution < -0.4 is 0 Å². The van der Waals surface area contributed by atoms with Gasteiger partial charge < -0.3 is 4.42 Å². The Bertz CT molecular complexity index is 3270. The van der Waals surface area contributed by atoms with E-state index in [0.717, 1.165) is 27.5 Å². The second-order valence-corrected chi connectivity index (χ2v) is 16.1. The molecule has 0 saturated carbocycles. The van der Waals surface area contributed by atoms with Crippen molar-refractivity contribution in [2.24, 2.45) is 0 Å². The van der Waals surface area contributed by atoms with Crippen molar-refractivity contribution in [2.45, 2.75) is 5.92 Å². The fourth-order valence-electron chi connectivity index (χ4n) is 8.94. The van der Waals surface area contributed by atoms with E-state index in [2.05, 4.69) is 237 Å². The highest BCUT2D eigenvalue weighted by Crippen LogP contribution is 2.38. The lowest BCUT2D eigenvalue weighted by Gasteiger charge is -2.20. The molecule has 292 valence electrons. The summed E-state index contributed by atoms with van der Waals surface area (Å²) < 4.78 is 6.19. The van der Waals surface area contributed by atoms with Crippen molar-refractivity contribution in [1.29, 1.82) is 0 Å². The summed E-state index contributed by atoms with van der Waals surface area (Å²) in [6, 6.07) is 89.9. The highest BCUT2D eigenvalue weighted by molar-refractivity contribution is 6.05. The maximum Gasteiger partial charge on any atom is 0.136 e. The summed E-state index contributed by atoms with van der Waals surface area (Å²) in [5, 5.41) is 2.30. The van der Waals surface area contributed by atoms with Crippen LogP contribution in [-0.2, 0) is 0 Å². The van der Waals surface area contributed by atoms with E-state index in [9.17, 15) is 0 Å². The standard InChI is InChI=1S/C61H42O/c1-3-10-42(11-4-1)44-18-20-45(21-19-44)47-26-32-51(33-27-47)61(53-36-30-49(31-37-53)55-15-9-14-54(40-55)43-12-5-2-6-13-43)52-34-28-48(29-35-52)46-22-24-50(25-23-46)56-38-39-58-57-16-7-8-17-59(57)62-60(58)41-56/h1-41,61H. The molecule has 0 aliphatic rings. The zero-order valence-corrected chi connectivity index (χ0v) is 34.2. The molecule has 1 aromatic heterocycles. The number of benzene rings is 10. The SMILES string of the molecule is c1ccc(-c2ccc(-c3ccc(C(c4ccc(-c5ccc(-c6ccc7c(c6)oc6ccccc67)cc5)cc4)c4ccc(-c5cccc(-c6ccccc6)c5)cc4)cc3)cc2)cc1. The van der Waals surface area contributed by atoms with Crippen LogP contribution in [0.25, 0.3) is 88.7 Å². The molecule has 10 aromatic carbocycles. The molecule has 0 amide bonds. The molecule has 0 saturated heterocycles. The van der Waals surface area contributed by atoms with Crippen molar-refractivity contribution in [1.82, 2.24) is 0 Å². The van der Waals surface area contributed by atoms with Crippen molar-refractivity contribution in [3.8, 4) is 66.8 Å². The Morgan fingerprint density at radius 3 is 0.984 bits per heavy atom. The predicted molar refractivity (Wildman–Crippen MR) is 260 cm³/mol. The van der Waals surface area contributed by atoms with E-state index < -0.39 is 0 Å². The Morgan fingerprint density at radius 2 is 0.516 bits per heavy atom. The zero-order chi connectivity index (χ0) is 41.2. The van der Waals surface area contributed by atoms with Crippen LogP contribution in [0.3, 0.4) is 0 Å². The summed E-state index contributed by atoms with van der Waals surface area (Å²) in [6.07, 6.45) is 0. The molecule has 11 aromatic rings. The third-order valence-corrected chi connectivity index (χ3v) is 12.3. The second kappa shape index (κ2) is 16.2. The first-order chi connectivity index (χ1) is 30.7. The van der Waals surface area contributed by atoms with Crippen LogP contribution in [0.1, 0.15) is 22.6 Å². The summed E-state index contributed by atoms with van der Waals surface area (Å²) in [4.78, 5) is 0. The molecular weight excluding hydrogens is 749 g/mol. The monoisotopic (exact) mass is 790 g/mol. The van der Waals surface area contributed by atoms with Gasteiger partial charge in [-0.25, -0.2) is 0 Å². The van der Waals surface area contributed by atoms with E-state index in [1.807, 2.05) is 12.1 Å². The van der Waals surface area contributed by atoms with Crippen LogP contribution in [0.4, 0.5) is 0 Å². The highest BCUT2D eigenvalue weighted by Gasteiger charge is 2.18. The van der Waals surface area contributed by atoms with E-state index in [1.54, 1.807) is 0 Å². The maximum absolute atomic E-state index is 6.19. The summed E-state index contributed by atoms with van der Waals surface area (Å²) >= 11 is 0. The van der Waals surface area contributed by atoms with Gasteiger partial charge in [-0.3, -0.25) is 0 Å². The first kappa shape index (κ1) is 37.0. The first-order valence-electron chi connectivity index (χ1n) is 21.3.